The number of carbonyl (C=O) groups is 2. The summed E-state index contributed by atoms with van der Waals surface area (Å²) in [5.41, 5.74) is 3.00. The van der Waals surface area contributed by atoms with Gasteiger partial charge in [-0.15, -0.1) is 22.7 Å². The lowest BCUT2D eigenvalue weighted by molar-refractivity contribution is 0.0995. The number of hydrogen-bond donors (Lipinski definition) is 2. The summed E-state index contributed by atoms with van der Waals surface area (Å²) in [5.74, 6) is -0.416. The molecule has 0 spiro atoms. The van der Waals surface area contributed by atoms with Crippen LogP contribution in [0, 0.1) is 6.92 Å². The predicted octanol–water partition coefficient (Wildman–Crippen LogP) is 5.28. The van der Waals surface area contributed by atoms with Gasteiger partial charge in [0, 0.05) is 10.9 Å². The number of rotatable bonds is 5. The lowest BCUT2D eigenvalue weighted by atomic mass is 10.1. The van der Waals surface area contributed by atoms with E-state index in [1.165, 1.54) is 34.5 Å². The van der Waals surface area contributed by atoms with Crippen LogP contribution in [0.5, 0.6) is 0 Å². The second kappa shape index (κ2) is 7.79. The van der Waals surface area contributed by atoms with Crippen LogP contribution >= 0.6 is 22.7 Å². The minimum atomic E-state index is -0.360. The van der Waals surface area contributed by atoms with Gasteiger partial charge in [0.2, 0.25) is 0 Å². The predicted molar refractivity (Wildman–Crippen MR) is 111 cm³/mol. The molecule has 0 aliphatic rings. The monoisotopic (exact) mass is 409 g/mol. The number of nitrogens with one attached hydrogen (secondary N) is 2. The topological polar surface area (TPSA) is 84.2 Å². The second-order valence-corrected chi connectivity index (χ2v) is 7.90. The molecule has 0 fully saturated rings. The van der Waals surface area contributed by atoms with Crippen molar-refractivity contribution in [3.8, 4) is 11.3 Å². The molecule has 2 N–H and O–H groups in total. The van der Waals surface area contributed by atoms with Crippen molar-refractivity contribution in [3.05, 3.63) is 76.4 Å². The third-order valence-corrected chi connectivity index (χ3v) is 5.64. The van der Waals surface area contributed by atoms with Crippen LogP contribution < -0.4 is 10.6 Å². The molecule has 28 heavy (non-hydrogen) atoms. The van der Waals surface area contributed by atoms with Crippen molar-refractivity contribution >= 4 is 44.6 Å². The van der Waals surface area contributed by atoms with Gasteiger partial charge in [0.15, 0.2) is 10.9 Å². The van der Waals surface area contributed by atoms with Crippen LogP contribution in [-0.2, 0) is 0 Å². The summed E-state index contributed by atoms with van der Waals surface area (Å²) < 4.78 is 5.05. The normalized spacial score (nSPS) is 10.6. The van der Waals surface area contributed by atoms with E-state index >= 15 is 0 Å². The number of nitrogens with zero attached hydrogens (tertiary/aromatic N) is 1. The molecule has 0 radical (unpaired) electrons. The Balaban J connectivity index is 1.41. The summed E-state index contributed by atoms with van der Waals surface area (Å²) in [4.78, 5) is 29.4. The molecular weight excluding hydrogens is 394 g/mol. The number of thiophene rings is 1. The summed E-state index contributed by atoms with van der Waals surface area (Å²) >= 11 is 2.55. The Morgan fingerprint density at radius 3 is 2.57 bits per heavy atom. The first-order valence-electron chi connectivity index (χ1n) is 8.37. The first-order valence-corrected chi connectivity index (χ1v) is 10.1. The molecule has 4 rings (SSSR count). The van der Waals surface area contributed by atoms with Crippen molar-refractivity contribution in [2.24, 2.45) is 0 Å². The van der Waals surface area contributed by atoms with Gasteiger partial charge in [0.05, 0.1) is 21.8 Å². The molecule has 0 aliphatic heterocycles. The van der Waals surface area contributed by atoms with E-state index in [9.17, 15) is 9.59 Å². The van der Waals surface area contributed by atoms with Crippen LogP contribution in [0.15, 0.2) is 64.6 Å². The van der Waals surface area contributed by atoms with E-state index in [0.717, 1.165) is 11.3 Å². The average molecular weight is 409 g/mol. The smallest absolute Gasteiger partial charge is 0.291 e. The van der Waals surface area contributed by atoms with Gasteiger partial charge in [-0.1, -0.05) is 29.8 Å². The molecule has 0 saturated carbocycles. The van der Waals surface area contributed by atoms with E-state index in [4.69, 9.17) is 4.42 Å². The molecule has 3 heterocycles. The molecule has 1 aromatic carbocycles. The van der Waals surface area contributed by atoms with Gasteiger partial charge >= 0.3 is 0 Å². The fourth-order valence-electron chi connectivity index (χ4n) is 2.46. The summed E-state index contributed by atoms with van der Waals surface area (Å²) in [6, 6.07) is 14.6. The number of thiazole rings is 1. The van der Waals surface area contributed by atoms with Gasteiger partial charge in [0.25, 0.3) is 11.8 Å². The maximum Gasteiger partial charge on any atom is 0.291 e. The molecule has 0 unspecified atom stereocenters. The van der Waals surface area contributed by atoms with Crippen molar-refractivity contribution in [1.82, 2.24) is 4.98 Å². The van der Waals surface area contributed by atoms with Crippen LogP contribution in [0.25, 0.3) is 11.3 Å². The SMILES string of the molecule is Cc1ccc(-c2csc(NC(=O)c3ccc(NC(=O)c4ccco4)s3)n2)cc1. The molecule has 140 valence electrons. The zero-order valence-electron chi connectivity index (χ0n) is 14.8. The van der Waals surface area contributed by atoms with E-state index in [2.05, 4.69) is 15.6 Å². The van der Waals surface area contributed by atoms with Crippen LogP contribution in [0.1, 0.15) is 25.8 Å². The van der Waals surface area contributed by atoms with Gasteiger partial charge in [0.1, 0.15) is 0 Å². The van der Waals surface area contributed by atoms with E-state index in [-0.39, 0.29) is 17.6 Å². The highest BCUT2D eigenvalue weighted by molar-refractivity contribution is 7.18. The third kappa shape index (κ3) is 4.03. The number of furan rings is 1. The van der Waals surface area contributed by atoms with Crippen molar-refractivity contribution in [2.75, 3.05) is 10.6 Å². The maximum atomic E-state index is 12.5. The van der Waals surface area contributed by atoms with Crippen LogP contribution in [-0.4, -0.2) is 16.8 Å². The highest BCUT2D eigenvalue weighted by Gasteiger charge is 2.15. The lowest BCUT2D eigenvalue weighted by Crippen LogP contribution is -2.10. The van der Waals surface area contributed by atoms with Gasteiger partial charge < -0.3 is 9.73 Å². The van der Waals surface area contributed by atoms with Gasteiger partial charge in [-0.05, 0) is 31.2 Å². The maximum absolute atomic E-state index is 12.5. The van der Waals surface area contributed by atoms with Gasteiger partial charge in [-0.2, -0.15) is 0 Å². The van der Waals surface area contributed by atoms with Gasteiger partial charge in [-0.25, -0.2) is 4.98 Å². The summed E-state index contributed by atoms with van der Waals surface area (Å²) in [5, 5.41) is 8.50. The summed E-state index contributed by atoms with van der Waals surface area (Å²) in [6.45, 7) is 2.03. The quantitative estimate of drug-likeness (QED) is 0.470. The van der Waals surface area contributed by atoms with E-state index < -0.39 is 0 Å². The molecule has 0 aliphatic carbocycles. The molecular formula is C20H15N3O3S2. The number of aryl methyl sites for hydroxylation is 1. The average Bonchev–Trinajstić information content (AvgIpc) is 3.44. The first kappa shape index (κ1) is 18.1. The standard InChI is InChI=1S/C20H15N3O3S2/c1-12-4-6-13(7-5-12)14-11-27-20(21-14)23-19(25)16-8-9-17(28-16)22-18(24)15-3-2-10-26-15/h2-11H,1H3,(H,22,24)(H,21,23,25). The Morgan fingerprint density at radius 2 is 1.82 bits per heavy atom. The Morgan fingerprint density at radius 1 is 1.00 bits per heavy atom. The van der Waals surface area contributed by atoms with Crippen molar-refractivity contribution < 1.29 is 14.0 Å². The number of anilines is 2. The fourth-order valence-corrected chi connectivity index (χ4v) is 3.97. The van der Waals surface area contributed by atoms with Crippen molar-refractivity contribution in [1.29, 1.82) is 0 Å². The summed E-state index contributed by atoms with van der Waals surface area (Å²) in [7, 11) is 0. The Hall–Kier alpha value is -3.23. The Labute approximate surface area is 168 Å². The molecule has 3 aromatic heterocycles. The minimum absolute atomic E-state index is 0.214. The van der Waals surface area contributed by atoms with Crippen molar-refractivity contribution in [3.63, 3.8) is 0 Å². The highest BCUT2D eigenvalue weighted by atomic mass is 32.1. The minimum Gasteiger partial charge on any atom is -0.459 e. The first-order chi connectivity index (χ1) is 13.6. The lowest BCUT2D eigenvalue weighted by Gasteiger charge is -2.00. The molecule has 8 heteroatoms. The van der Waals surface area contributed by atoms with E-state index in [1.807, 2.05) is 36.6 Å². The Bertz CT molecular complexity index is 1110. The zero-order valence-corrected chi connectivity index (χ0v) is 16.4. The largest absolute Gasteiger partial charge is 0.459 e. The molecule has 0 bridgehead atoms. The molecule has 6 nitrogen and oxygen atoms in total. The van der Waals surface area contributed by atoms with Gasteiger partial charge in [-0.3, -0.25) is 14.9 Å². The number of hydrogen-bond acceptors (Lipinski definition) is 6. The fraction of sp³-hybridized carbons (Fsp3) is 0.0500. The molecule has 0 saturated heterocycles. The second-order valence-electron chi connectivity index (χ2n) is 5.95. The van der Waals surface area contributed by atoms with E-state index in [0.29, 0.717) is 15.0 Å². The molecule has 2 amide bonds. The summed E-state index contributed by atoms with van der Waals surface area (Å²) in [6.07, 6.45) is 1.43. The van der Waals surface area contributed by atoms with Crippen LogP contribution in [0.3, 0.4) is 0 Å². The zero-order chi connectivity index (χ0) is 19.5. The Kier molecular flexibility index (Phi) is 5.05. The van der Waals surface area contributed by atoms with E-state index in [1.54, 1.807) is 24.3 Å². The number of amides is 2. The van der Waals surface area contributed by atoms with Crippen LogP contribution in [0.4, 0.5) is 10.1 Å². The highest BCUT2D eigenvalue weighted by Crippen LogP contribution is 2.27. The molecule has 4 aromatic rings. The number of aromatic nitrogens is 1. The third-order valence-electron chi connectivity index (χ3n) is 3.88. The van der Waals surface area contributed by atoms with Crippen molar-refractivity contribution in [2.45, 2.75) is 6.92 Å². The molecule has 0 atom stereocenters. The number of benzene rings is 1. The van der Waals surface area contributed by atoms with Crippen LogP contribution in [0.2, 0.25) is 0 Å². The number of carbonyl (C=O) groups excluding carboxylic acids is 2.